The normalized spacial score (nSPS) is 33.2. The number of aliphatic hydroxyl groups excluding tert-OH is 2. The molecular formula is C16H24O3. The van der Waals surface area contributed by atoms with E-state index in [-0.39, 0.29) is 12.0 Å². The largest absolute Gasteiger partial charge is 0.392 e. The van der Waals surface area contributed by atoms with Crippen LogP contribution >= 0.6 is 0 Å². The van der Waals surface area contributed by atoms with Crippen LogP contribution in [0.5, 0.6) is 0 Å². The van der Waals surface area contributed by atoms with Gasteiger partial charge in [-0.2, -0.15) is 0 Å². The molecule has 3 nitrogen and oxygen atoms in total. The summed E-state index contributed by atoms with van der Waals surface area (Å²) in [6.45, 7) is 9.75. The predicted molar refractivity (Wildman–Crippen MR) is 75.6 cm³/mol. The maximum atomic E-state index is 10.6. The smallest absolute Gasteiger partial charge is 0.108 e. The summed E-state index contributed by atoms with van der Waals surface area (Å²) in [7, 11) is 0. The van der Waals surface area contributed by atoms with Crippen molar-refractivity contribution in [3.63, 3.8) is 0 Å². The van der Waals surface area contributed by atoms with Gasteiger partial charge in [-0.15, -0.1) is 0 Å². The minimum absolute atomic E-state index is 0.0152. The lowest BCUT2D eigenvalue weighted by atomic mass is 9.84. The fourth-order valence-corrected chi connectivity index (χ4v) is 3.51. The molecule has 1 saturated carbocycles. The van der Waals surface area contributed by atoms with Crippen molar-refractivity contribution in [1.82, 2.24) is 0 Å². The third kappa shape index (κ3) is 2.00. The van der Waals surface area contributed by atoms with E-state index in [1.165, 1.54) is 0 Å². The summed E-state index contributed by atoms with van der Waals surface area (Å²) in [4.78, 5) is 0. The lowest BCUT2D eigenvalue weighted by molar-refractivity contribution is -0.0690. The highest BCUT2D eigenvalue weighted by molar-refractivity contribution is 5.51. The first-order chi connectivity index (χ1) is 8.78. The Balaban J connectivity index is 2.28. The lowest BCUT2D eigenvalue weighted by Gasteiger charge is -2.30. The van der Waals surface area contributed by atoms with Gasteiger partial charge in [0.2, 0.25) is 0 Å². The Labute approximate surface area is 115 Å². The van der Waals surface area contributed by atoms with E-state index in [1.807, 2.05) is 13.8 Å². The Morgan fingerprint density at radius 2 is 2.05 bits per heavy atom. The van der Waals surface area contributed by atoms with E-state index in [0.29, 0.717) is 6.42 Å². The van der Waals surface area contributed by atoms with Gasteiger partial charge in [-0.3, -0.25) is 0 Å². The molecule has 2 rings (SSSR count). The molecule has 0 bridgehead atoms. The van der Waals surface area contributed by atoms with E-state index >= 15 is 0 Å². The van der Waals surface area contributed by atoms with Crippen LogP contribution in [-0.2, 0) is 0 Å². The molecule has 0 aliphatic heterocycles. The van der Waals surface area contributed by atoms with Gasteiger partial charge < -0.3 is 15.3 Å². The molecule has 0 aromatic heterocycles. The highest BCUT2D eigenvalue weighted by Crippen LogP contribution is 2.66. The zero-order valence-electron chi connectivity index (χ0n) is 12.0. The Hall–Kier alpha value is -0.900. The molecule has 0 amide bonds. The molecule has 0 aromatic rings. The molecule has 0 heterocycles. The Morgan fingerprint density at radius 1 is 1.47 bits per heavy atom. The number of rotatable bonds is 4. The first-order valence-electron chi connectivity index (χ1n) is 6.84. The van der Waals surface area contributed by atoms with E-state index in [1.54, 1.807) is 13.0 Å². The molecule has 3 N–H and O–H groups in total. The van der Waals surface area contributed by atoms with Gasteiger partial charge in [-0.1, -0.05) is 23.8 Å². The van der Waals surface area contributed by atoms with Crippen LogP contribution in [0.15, 0.2) is 34.9 Å². The molecule has 3 heteroatoms. The van der Waals surface area contributed by atoms with Crippen molar-refractivity contribution in [2.75, 3.05) is 6.61 Å². The monoisotopic (exact) mass is 264 g/mol. The molecule has 19 heavy (non-hydrogen) atoms. The first kappa shape index (κ1) is 14.5. The molecule has 1 fully saturated rings. The zero-order valence-corrected chi connectivity index (χ0v) is 12.0. The Bertz CT molecular complexity index is 464. The van der Waals surface area contributed by atoms with E-state index in [4.69, 9.17) is 5.11 Å². The maximum absolute atomic E-state index is 10.6. The molecule has 0 aromatic carbocycles. The topological polar surface area (TPSA) is 60.7 Å². The van der Waals surface area contributed by atoms with Crippen molar-refractivity contribution in [1.29, 1.82) is 0 Å². The van der Waals surface area contributed by atoms with Crippen LogP contribution in [0, 0.1) is 5.41 Å². The highest BCUT2D eigenvalue weighted by Gasteiger charge is 2.65. The summed E-state index contributed by atoms with van der Waals surface area (Å²) in [5.41, 5.74) is 2.45. The molecule has 2 atom stereocenters. The second kappa shape index (κ2) is 4.58. The van der Waals surface area contributed by atoms with Crippen LogP contribution in [0.3, 0.4) is 0 Å². The second-order valence-corrected chi connectivity index (χ2v) is 6.18. The van der Waals surface area contributed by atoms with Crippen molar-refractivity contribution < 1.29 is 15.3 Å². The van der Waals surface area contributed by atoms with Crippen molar-refractivity contribution >= 4 is 0 Å². The van der Waals surface area contributed by atoms with Crippen LogP contribution < -0.4 is 0 Å². The van der Waals surface area contributed by atoms with E-state index in [0.717, 1.165) is 35.1 Å². The molecule has 0 saturated heterocycles. The Kier molecular flexibility index (Phi) is 3.50. The van der Waals surface area contributed by atoms with Gasteiger partial charge in [-0.05, 0) is 51.2 Å². The van der Waals surface area contributed by atoms with Crippen molar-refractivity contribution in [3.8, 4) is 0 Å². The number of hydrogen-bond donors (Lipinski definition) is 3. The zero-order chi connectivity index (χ0) is 14.4. The van der Waals surface area contributed by atoms with E-state index in [2.05, 4.69) is 6.58 Å². The summed E-state index contributed by atoms with van der Waals surface area (Å²) in [5.74, 6) is 0. The SMILES string of the molecule is C=C(C/C(C)=C/CO)C1=C(C)C2(CC2)[C@@](C)(O)[C@H]1O. The predicted octanol–water partition coefficient (Wildman–Crippen LogP) is 2.09. The van der Waals surface area contributed by atoms with Crippen molar-refractivity contribution in [2.24, 2.45) is 5.41 Å². The highest BCUT2D eigenvalue weighted by atomic mass is 16.3. The van der Waals surface area contributed by atoms with Crippen LogP contribution in [0.4, 0.5) is 0 Å². The average molecular weight is 264 g/mol. The Morgan fingerprint density at radius 3 is 2.47 bits per heavy atom. The molecule has 0 radical (unpaired) electrons. The standard InChI is InChI=1S/C16H24O3/c1-10(5-8-17)9-11(2)13-12(3)16(6-7-16)15(4,19)14(13)18/h5,14,17-19H,2,6-9H2,1,3-4H3/b10-5+/t14-,15-/m0/s1. The number of hydrogen-bond acceptors (Lipinski definition) is 3. The van der Waals surface area contributed by atoms with E-state index in [9.17, 15) is 10.2 Å². The van der Waals surface area contributed by atoms with Crippen molar-refractivity contribution in [3.05, 3.63) is 34.9 Å². The van der Waals surface area contributed by atoms with Gasteiger partial charge in [0.15, 0.2) is 0 Å². The summed E-state index contributed by atoms with van der Waals surface area (Å²) < 4.78 is 0. The molecule has 106 valence electrons. The second-order valence-electron chi connectivity index (χ2n) is 6.18. The molecule has 1 spiro atoms. The summed E-state index contributed by atoms with van der Waals surface area (Å²) >= 11 is 0. The third-order valence-corrected chi connectivity index (χ3v) is 4.96. The van der Waals surface area contributed by atoms with Gasteiger partial charge >= 0.3 is 0 Å². The molecular weight excluding hydrogens is 240 g/mol. The fraction of sp³-hybridized carbons (Fsp3) is 0.625. The van der Waals surface area contributed by atoms with Gasteiger partial charge in [0.25, 0.3) is 0 Å². The summed E-state index contributed by atoms with van der Waals surface area (Å²) in [6, 6.07) is 0. The number of aliphatic hydroxyl groups is 3. The van der Waals surface area contributed by atoms with Crippen LogP contribution in [0.25, 0.3) is 0 Å². The van der Waals surface area contributed by atoms with Gasteiger partial charge in [-0.25, -0.2) is 0 Å². The summed E-state index contributed by atoms with van der Waals surface area (Å²) in [6.07, 6.45) is 3.38. The molecule has 2 aliphatic rings. The minimum atomic E-state index is -1.08. The van der Waals surface area contributed by atoms with Gasteiger partial charge in [0, 0.05) is 5.41 Å². The first-order valence-corrected chi connectivity index (χ1v) is 6.84. The molecule has 2 aliphatic carbocycles. The van der Waals surface area contributed by atoms with Gasteiger partial charge in [0.05, 0.1) is 6.61 Å². The van der Waals surface area contributed by atoms with Crippen LogP contribution in [0.2, 0.25) is 0 Å². The maximum Gasteiger partial charge on any atom is 0.108 e. The summed E-state index contributed by atoms with van der Waals surface area (Å²) in [5, 5.41) is 29.9. The van der Waals surface area contributed by atoms with E-state index < -0.39 is 11.7 Å². The fourth-order valence-electron chi connectivity index (χ4n) is 3.51. The van der Waals surface area contributed by atoms with Gasteiger partial charge in [0.1, 0.15) is 11.7 Å². The quantitative estimate of drug-likeness (QED) is 0.681. The minimum Gasteiger partial charge on any atom is -0.392 e. The third-order valence-electron chi connectivity index (χ3n) is 4.96. The van der Waals surface area contributed by atoms with Crippen LogP contribution in [0.1, 0.15) is 40.0 Å². The number of allylic oxidation sites excluding steroid dienone is 1. The van der Waals surface area contributed by atoms with Crippen molar-refractivity contribution in [2.45, 2.75) is 51.7 Å². The van der Waals surface area contributed by atoms with Crippen LogP contribution in [-0.4, -0.2) is 33.6 Å². The molecule has 0 unspecified atom stereocenters. The lowest BCUT2D eigenvalue weighted by Crippen LogP contribution is -2.43. The average Bonchev–Trinajstić information content (AvgIpc) is 3.07.